The maximum absolute atomic E-state index is 11.7. The van der Waals surface area contributed by atoms with E-state index in [0.717, 1.165) is 18.4 Å². The van der Waals surface area contributed by atoms with Gasteiger partial charge >= 0.3 is 6.03 Å². The van der Waals surface area contributed by atoms with Crippen molar-refractivity contribution < 1.29 is 4.79 Å². The highest BCUT2D eigenvalue weighted by molar-refractivity contribution is 5.73. The first-order valence-corrected chi connectivity index (χ1v) is 7.36. The van der Waals surface area contributed by atoms with E-state index in [2.05, 4.69) is 35.8 Å². The van der Waals surface area contributed by atoms with Crippen molar-refractivity contribution in [3.05, 3.63) is 71.3 Å². The smallest absolute Gasteiger partial charge is 0.315 e. The molecule has 2 N–H and O–H groups in total. The van der Waals surface area contributed by atoms with Crippen LogP contribution in [0.4, 0.5) is 4.79 Å². The Morgan fingerprint density at radius 1 is 0.952 bits per heavy atom. The summed E-state index contributed by atoms with van der Waals surface area (Å²) in [6.07, 6.45) is 1.93. The molecular weight excluding hydrogens is 260 g/mol. The lowest BCUT2D eigenvalue weighted by molar-refractivity contribution is 0.240. The van der Waals surface area contributed by atoms with E-state index in [1.165, 1.54) is 11.1 Å². The van der Waals surface area contributed by atoms with Gasteiger partial charge in [0.05, 0.1) is 0 Å². The van der Waals surface area contributed by atoms with E-state index < -0.39 is 0 Å². The number of amides is 2. The molecule has 0 aromatic heterocycles. The average molecular weight is 282 g/mol. The molecule has 2 amide bonds. The zero-order chi connectivity index (χ0) is 14.9. The molecule has 21 heavy (non-hydrogen) atoms. The van der Waals surface area contributed by atoms with Crippen LogP contribution in [0.5, 0.6) is 0 Å². The Kier molecular flexibility index (Phi) is 5.83. The van der Waals surface area contributed by atoms with Gasteiger partial charge in [-0.05, 0) is 36.5 Å². The van der Waals surface area contributed by atoms with Gasteiger partial charge in [0.1, 0.15) is 0 Å². The quantitative estimate of drug-likeness (QED) is 0.783. The number of rotatable bonds is 6. The maximum atomic E-state index is 11.7. The van der Waals surface area contributed by atoms with Crippen molar-refractivity contribution in [1.29, 1.82) is 0 Å². The highest BCUT2D eigenvalue weighted by Crippen LogP contribution is 2.06. The standard InChI is InChI=1S/C18H22N2O/c1-15-8-5-6-12-17(15)14-20-18(21)19-13-7-11-16-9-3-2-4-10-16/h2-6,8-10,12H,7,11,13-14H2,1H3,(H2,19,20,21). The van der Waals surface area contributed by atoms with Crippen LogP contribution >= 0.6 is 0 Å². The third kappa shape index (κ3) is 5.30. The molecule has 3 nitrogen and oxygen atoms in total. The fraction of sp³-hybridized carbons (Fsp3) is 0.278. The summed E-state index contributed by atoms with van der Waals surface area (Å²) in [5.41, 5.74) is 3.65. The lowest BCUT2D eigenvalue weighted by Crippen LogP contribution is -2.35. The van der Waals surface area contributed by atoms with E-state index >= 15 is 0 Å². The third-order valence-electron chi connectivity index (χ3n) is 3.47. The number of benzene rings is 2. The van der Waals surface area contributed by atoms with Gasteiger partial charge in [0, 0.05) is 13.1 Å². The monoisotopic (exact) mass is 282 g/mol. The summed E-state index contributed by atoms with van der Waals surface area (Å²) in [5, 5.41) is 5.78. The van der Waals surface area contributed by atoms with Gasteiger partial charge in [-0.1, -0.05) is 54.6 Å². The van der Waals surface area contributed by atoms with Crippen molar-refractivity contribution in [3.8, 4) is 0 Å². The van der Waals surface area contributed by atoms with Crippen LogP contribution < -0.4 is 10.6 Å². The molecule has 0 unspecified atom stereocenters. The lowest BCUT2D eigenvalue weighted by Gasteiger charge is -2.09. The zero-order valence-electron chi connectivity index (χ0n) is 12.4. The summed E-state index contributed by atoms with van der Waals surface area (Å²) in [7, 11) is 0. The Hall–Kier alpha value is -2.29. The van der Waals surface area contributed by atoms with Crippen LogP contribution in [0.1, 0.15) is 23.1 Å². The van der Waals surface area contributed by atoms with Crippen molar-refractivity contribution in [1.82, 2.24) is 10.6 Å². The maximum Gasteiger partial charge on any atom is 0.315 e. The van der Waals surface area contributed by atoms with Crippen LogP contribution in [0.15, 0.2) is 54.6 Å². The van der Waals surface area contributed by atoms with Crippen molar-refractivity contribution in [2.24, 2.45) is 0 Å². The van der Waals surface area contributed by atoms with Crippen LogP contribution in [0.3, 0.4) is 0 Å². The molecule has 2 rings (SSSR count). The second kappa shape index (κ2) is 8.10. The number of hydrogen-bond donors (Lipinski definition) is 2. The Morgan fingerprint density at radius 2 is 1.67 bits per heavy atom. The predicted molar refractivity (Wildman–Crippen MR) is 86.2 cm³/mol. The summed E-state index contributed by atoms with van der Waals surface area (Å²) in [6, 6.07) is 18.3. The number of urea groups is 1. The van der Waals surface area contributed by atoms with E-state index in [1.807, 2.05) is 36.4 Å². The van der Waals surface area contributed by atoms with E-state index in [4.69, 9.17) is 0 Å². The molecule has 0 aliphatic heterocycles. The molecule has 0 atom stereocenters. The molecular formula is C18H22N2O. The van der Waals surface area contributed by atoms with Crippen LogP contribution in [0, 0.1) is 6.92 Å². The van der Waals surface area contributed by atoms with E-state index in [1.54, 1.807) is 0 Å². The van der Waals surface area contributed by atoms with E-state index in [-0.39, 0.29) is 6.03 Å². The van der Waals surface area contributed by atoms with Gasteiger partial charge in [-0.15, -0.1) is 0 Å². The van der Waals surface area contributed by atoms with Gasteiger partial charge in [-0.2, -0.15) is 0 Å². The Balaban J connectivity index is 1.63. The van der Waals surface area contributed by atoms with Crippen LogP contribution in [0.25, 0.3) is 0 Å². The van der Waals surface area contributed by atoms with Gasteiger partial charge in [0.2, 0.25) is 0 Å². The molecule has 0 aliphatic rings. The highest BCUT2D eigenvalue weighted by Gasteiger charge is 2.01. The number of carbonyl (C=O) groups is 1. The topological polar surface area (TPSA) is 41.1 Å². The SMILES string of the molecule is Cc1ccccc1CNC(=O)NCCCc1ccccc1. The normalized spacial score (nSPS) is 10.1. The Bertz CT molecular complexity index is 566. The lowest BCUT2D eigenvalue weighted by atomic mass is 10.1. The predicted octanol–water partition coefficient (Wildman–Crippen LogP) is 3.43. The van der Waals surface area contributed by atoms with Crippen molar-refractivity contribution >= 4 is 6.03 Å². The minimum atomic E-state index is -0.105. The van der Waals surface area contributed by atoms with Gasteiger partial charge in [-0.3, -0.25) is 0 Å². The highest BCUT2D eigenvalue weighted by atomic mass is 16.2. The Morgan fingerprint density at radius 3 is 2.43 bits per heavy atom. The molecule has 2 aromatic carbocycles. The number of carbonyl (C=O) groups excluding carboxylic acids is 1. The molecule has 0 bridgehead atoms. The summed E-state index contributed by atoms with van der Waals surface area (Å²) in [5.74, 6) is 0. The van der Waals surface area contributed by atoms with Gasteiger partial charge < -0.3 is 10.6 Å². The van der Waals surface area contributed by atoms with E-state index in [9.17, 15) is 4.79 Å². The second-order valence-corrected chi connectivity index (χ2v) is 5.13. The summed E-state index contributed by atoms with van der Waals surface area (Å²) in [6.45, 7) is 3.31. The molecule has 0 fully saturated rings. The molecule has 0 saturated heterocycles. The van der Waals surface area contributed by atoms with E-state index in [0.29, 0.717) is 13.1 Å². The van der Waals surface area contributed by atoms with Crippen LogP contribution in [-0.2, 0) is 13.0 Å². The third-order valence-corrected chi connectivity index (χ3v) is 3.47. The van der Waals surface area contributed by atoms with Crippen molar-refractivity contribution in [2.75, 3.05) is 6.54 Å². The van der Waals surface area contributed by atoms with Crippen molar-refractivity contribution in [3.63, 3.8) is 0 Å². The minimum absolute atomic E-state index is 0.105. The van der Waals surface area contributed by atoms with Crippen LogP contribution in [0.2, 0.25) is 0 Å². The molecule has 3 heteroatoms. The van der Waals surface area contributed by atoms with Crippen molar-refractivity contribution in [2.45, 2.75) is 26.3 Å². The first-order valence-electron chi connectivity index (χ1n) is 7.36. The van der Waals surface area contributed by atoms with Gasteiger partial charge in [-0.25, -0.2) is 4.79 Å². The number of hydrogen-bond acceptors (Lipinski definition) is 1. The number of aryl methyl sites for hydroxylation is 2. The summed E-state index contributed by atoms with van der Waals surface area (Å²) in [4.78, 5) is 11.7. The molecule has 0 radical (unpaired) electrons. The Labute approximate surface area is 126 Å². The average Bonchev–Trinajstić information content (AvgIpc) is 2.52. The second-order valence-electron chi connectivity index (χ2n) is 5.13. The largest absolute Gasteiger partial charge is 0.338 e. The zero-order valence-corrected chi connectivity index (χ0v) is 12.4. The van der Waals surface area contributed by atoms with Gasteiger partial charge in [0.15, 0.2) is 0 Å². The minimum Gasteiger partial charge on any atom is -0.338 e. The fourth-order valence-electron chi connectivity index (χ4n) is 2.19. The number of nitrogens with one attached hydrogen (secondary N) is 2. The van der Waals surface area contributed by atoms with Gasteiger partial charge in [0.25, 0.3) is 0 Å². The molecule has 0 spiro atoms. The molecule has 0 saturated carbocycles. The van der Waals surface area contributed by atoms with Crippen LogP contribution in [-0.4, -0.2) is 12.6 Å². The molecule has 110 valence electrons. The fourth-order valence-corrected chi connectivity index (χ4v) is 2.19. The summed E-state index contributed by atoms with van der Waals surface area (Å²) >= 11 is 0. The first-order chi connectivity index (χ1) is 10.3. The first kappa shape index (κ1) is 15.1. The molecule has 0 heterocycles. The summed E-state index contributed by atoms with van der Waals surface area (Å²) < 4.78 is 0. The molecule has 2 aromatic rings. The molecule has 0 aliphatic carbocycles.